The van der Waals surface area contributed by atoms with Gasteiger partial charge in [0.05, 0.1) is 5.69 Å². The fraction of sp³-hybridized carbons (Fsp3) is 0.700. The first-order valence-corrected chi connectivity index (χ1v) is 10.0. The number of hydrogen-bond acceptors (Lipinski definition) is 4. The maximum absolute atomic E-state index is 12.3. The van der Waals surface area contributed by atoms with Gasteiger partial charge >= 0.3 is 0 Å². The first kappa shape index (κ1) is 16.8. The van der Waals surface area contributed by atoms with E-state index in [2.05, 4.69) is 20.1 Å². The van der Waals surface area contributed by atoms with E-state index < -0.39 is 0 Å². The number of carbonyl (C=O) groups excluding carboxylic acids is 1. The van der Waals surface area contributed by atoms with E-state index in [0.717, 1.165) is 43.4 Å². The van der Waals surface area contributed by atoms with Crippen molar-refractivity contribution in [1.29, 1.82) is 0 Å². The number of aromatic nitrogens is 1. The van der Waals surface area contributed by atoms with Gasteiger partial charge in [0.25, 0.3) is 0 Å². The summed E-state index contributed by atoms with van der Waals surface area (Å²) in [5, 5.41) is 3.13. The van der Waals surface area contributed by atoms with Gasteiger partial charge in [0.15, 0.2) is 5.82 Å². The van der Waals surface area contributed by atoms with Gasteiger partial charge in [0.2, 0.25) is 5.91 Å². The molecule has 0 atom stereocenters. The van der Waals surface area contributed by atoms with Crippen LogP contribution in [0, 0.1) is 11.8 Å². The molecular weight excluding hydrogens is 312 g/mol. The monoisotopic (exact) mass is 342 g/mol. The van der Waals surface area contributed by atoms with Crippen molar-refractivity contribution >= 4 is 17.4 Å². The van der Waals surface area contributed by atoms with Gasteiger partial charge in [-0.15, -0.1) is 0 Å². The standard InChI is InChI=1S/C20H30N4O/c25-20(17-5-3-6-17)22-18-7-4-10-21-19(18)24-13-8-16(9-14-24)15-23-11-1-2-12-23/h4,7,10,16-17H,1-3,5-6,8-9,11-15H2,(H,22,25). The second-order valence-electron chi connectivity index (χ2n) is 7.93. The number of anilines is 2. The number of likely N-dealkylation sites (tertiary alicyclic amines) is 1. The Morgan fingerprint density at radius 1 is 1.08 bits per heavy atom. The lowest BCUT2D eigenvalue weighted by molar-refractivity contribution is -0.122. The molecule has 25 heavy (non-hydrogen) atoms. The molecule has 2 aliphatic heterocycles. The van der Waals surface area contributed by atoms with Crippen LogP contribution in [0.5, 0.6) is 0 Å². The van der Waals surface area contributed by atoms with Gasteiger partial charge in [0, 0.05) is 31.7 Å². The first-order chi connectivity index (χ1) is 12.3. The van der Waals surface area contributed by atoms with E-state index in [1.54, 1.807) is 0 Å². The Morgan fingerprint density at radius 2 is 1.84 bits per heavy atom. The molecule has 0 aromatic carbocycles. The lowest BCUT2D eigenvalue weighted by atomic mass is 9.85. The van der Waals surface area contributed by atoms with E-state index in [1.807, 2.05) is 18.3 Å². The summed E-state index contributed by atoms with van der Waals surface area (Å²) >= 11 is 0. The van der Waals surface area contributed by atoms with E-state index in [4.69, 9.17) is 0 Å². The molecule has 1 amide bonds. The molecule has 1 aromatic rings. The molecule has 1 aliphatic carbocycles. The van der Waals surface area contributed by atoms with Crippen molar-refractivity contribution in [3.05, 3.63) is 18.3 Å². The highest BCUT2D eigenvalue weighted by atomic mass is 16.1. The van der Waals surface area contributed by atoms with Gasteiger partial charge in [-0.1, -0.05) is 6.42 Å². The number of piperidine rings is 1. The summed E-state index contributed by atoms with van der Waals surface area (Å²) in [5.41, 5.74) is 0.886. The second kappa shape index (κ2) is 7.73. The summed E-state index contributed by atoms with van der Waals surface area (Å²) in [7, 11) is 0. The highest BCUT2D eigenvalue weighted by Gasteiger charge is 2.28. The van der Waals surface area contributed by atoms with Crippen LogP contribution in [0.1, 0.15) is 44.9 Å². The average molecular weight is 342 g/mol. The largest absolute Gasteiger partial charge is 0.355 e. The lowest BCUT2D eigenvalue weighted by Gasteiger charge is -2.35. The highest BCUT2D eigenvalue weighted by Crippen LogP contribution is 2.31. The van der Waals surface area contributed by atoms with Crippen molar-refractivity contribution in [3.63, 3.8) is 0 Å². The third kappa shape index (κ3) is 3.97. The van der Waals surface area contributed by atoms with Crippen molar-refractivity contribution < 1.29 is 4.79 Å². The Hall–Kier alpha value is -1.62. The summed E-state index contributed by atoms with van der Waals surface area (Å²) < 4.78 is 0. The normalized spacial score (nSPS) is 22.8. The molecule has 5 heteroatoms. The van der Waals surface area contributed by atoms with Crippen LogP contribution in [0.4, 0.5) is 11.5 Å². The van der Waals surface area contributed by atoms with E-state index >= 15 is 0 Å². The zero-order chi connectivity index (χ0) is 17.1. The summed E-state index contributed by atoms with van der Waals surface area (Å²) in [6.45, 7) is 5.93. The third-order valence-electron chi connectivity index (χ3n) is 6.15. The molecule has 1 N–H and O–H groups in total. The third-order valence-corrected chi connectivity index (χ3v) is 6.15. The quantitative estimate of drug-likeness (QED) is 0.893. The number of carbonyl (C=O) groups is 1. The minimum Gasteiger partial charge on any atom is -0.355 e. The van der Waals surface area contributed by atoms with Crippen molar-refractivity contribution in [3.8, 4) is 0 Å². The molecular formula is C20H30N4O. The summed E-state index contributed by atoms with van der Waals surface area (Å²) in [6.07, 6.45) is 10.3. The Bertz CT molecular complexity index is 587. The molecule has 1 aromatic heterocycles. The van der Waals surface area contributed by atoms with Gasteiger partial charge in [0.1, 0.15) is 0 Å². The summed E-state index contributed by atoms with van der Waals surface area (Å²) in [4.78, 5) is 21.9. The predicted molar refractivity (Wildman–Crippen MR) is 101 cm³/mol. The average Bonchev–Trinajstić information content (AvgIpc) is 3.07. The van der Waals surface area contributed by atoms with E-state index in [1.165, 1.54) is 51.7 Å². The second-order valence-corrected chi connectivity index (χ2v) is 7.93. The van der Waals surface area contributed by atoms with E-state index in [9.17, 15) is 4.79 Å². The molecule has 2 saturated heterocycles. The van der Waals surface area contributed by atoms with Crippen molar-refractivity contribution in [2.24, 2.45) is 11.8 Å². The van der Waals surface area contributed by atoms with Crippen molar-refractivity contribution in [1.82, 2.24) is 9.88 Å². The van der Waals surface area contributed by atoms with Crippen LogP contribution in [0.15, 0.2) is 18.3 Å². The fourth-order valence-electron chi connectivity index (χ4n) is 4.31. The van der Waals surface area contributed by atoms with Crippen molar-refractivity contribution in [2.45, 2.75) is 44.9 Å². The summed E-state index contributed by atoms with van der Waals surface area (Å²) in [5.74, 6) is 2.14. The van der Waals surface area contributed by atoms with Gasteiger partial charge in [-0.05, 0) is 69.7 Å². The topological polar surface area (TPSA) is 48.5 Å². The fourth-order valence-corrected chi connectivity index (χ4v) is 4.31. The number of nitrogens with one attached hydrogen (secondary N) is 1. The zero-order valence-corrected chi connectivity index (χ0v) is 15.1. The molecule has 0 radical (unpaired) electrons. The first-order valence-electron chi connectivity index (χ1n) is 10.0. The minimum atomic E-state index is 0.171. The molecule has 1 saturated carbocycles. The molecule has 0 bridgehead atoms. The summed E-state index contributed by atoms with van der Waals surface area (Å²) in [6, 6.07) is 3.91. The molecule has 0 unspecified atom stereocenters. The maximum Gasteiger partial charge on any atom is 0.227 e. The van der Waals surface area contributed by atoms with Crippen LogP contribution in [0.25, 0.3) is 0 Å². The van der Waals surface area contributed by atoms with Crippen LogP contribution in [-0.2, 0) is 4.79 Å². The Labute approximate surface area is 150 Å². The molecule has 4 rings (SSSR count). The SMILES string of the molecule is O=C(Nc1cccnc1N1CCC(CN2CCCC2)CC1)C1CCC1. The number of nitrogens with zero attached hydrogens (tertiary/aromatic N) is 3. The number of pyridine rings is 1. The highest BCUT2D eigenvalue weighted by molar-refractivity contribution is 5.95. The molecule has 3 heterocycles. The molecule has 3 aliphatic rings. The zero-order valence-electron chi connectivity index (χ0n) is 15.1. The molecule has 5 nitrogen and oxygen atoms in total. The number of amides is 1. The molecule has 3 fully saturated rings. The molecule has 136 valence electrons. The number of hydrogen-bond donors (Lipinski definition) is 1. The Morgan fingerprint density at radius 3 is 2.52 bits per heavy atom. The van der Waals surface area contributed by atoms with Gasteiger partial charge < -0.3 is 15.1 Å². The lowest BCUT2D eigenvalue weighted by Crippen LogP contribution is -2.39. The van der Waals surface area contributed by atoms with Gasteiger partial charge in [-0.25, -0.2) is 4.98 Å². The van der Waals surface area contributed by atoms with E-state index in [0.29, 0.717) is 0 Å². The van der Waals surface area contributed by atoms with Crippen LogP contribution in [0.2, 0.25) is 0 Å². The number of rotatable bonds is 5. The smallest absolute Gasteiger partial charge is 0.227 e. The minimum absolute atomic E-state index is 0.171. The van der Waals surface area contributed by atoms with Crippen LogP contribution in [0.3, 0.4) is 0 Å². The van der Waals surface area contributed by atoms with Crippen LogP contribution < -0.4 is 10.2 Å². The Kier molecular flexibility index (Phi) is 5.20. The van der Waals surface area contributed by atoms with Crippen LogP contribution >= 0.6 is 0 Å². The van der Waals surface area contributed by atoms with Gasteiger partial charge in [-0.2, -0.15) is 0 Å². The molecule has 0 spiro atoms. The Balaban J connectivity index is 1.35. The van der Waals surface area contributed by atoms with E-state index in [-0.39, 0.29) is 11.8 Å². The predicted octanol–water partition coefficient (Wildman–Crippen LogP) is 3.13. The van der Waals surface area contributed by atoms with Gasteiger partial charge in [-0.3, -0.25) is 4.79 Å². The maximum atomic E-state index is 12.3. The van der Waals surface area contributed by atoms with Crippen LogP contribution in [-0.4, -0.2) is 48.5 Å². The van der Waals surface area contributed by atoms with Crippen molar-refractivity contribution in [2.75, 3.05) is 42.9 Å².